The number of anilines is 1. The van der Waals surface area contributed by atoms with Gasteiger partial charge in [-0.25, -0.2) is 0 Å². The standard InChI is InChI=1S/C6H8N3.Sn/c1-9(2)6-7-4-3-5-8-6;/h3-4H,1-2H3;. The summed E-state index contributed by atoms with van der Waals surface area (Å²) in [6, 6.07) is 1.92. The third-order valence-electron chi connectivity index (χ3n) is 1.04. The SMILES string of the molecule is CN(C)c1ncc[c]([Sn])n1. The Labute approximate surface area is 73.6 Å². The molecule has 0 saturated heterocycles. The van der Waals surface area contributed by atoms with Crippen LogP contribution in [-0.4, -0.2) is 46.6 Å². The van der Waals surface area contributed by atoms with Crippen molar-refractivity contribution in [3.8, 4) is 0 Å². The van der Waals surface area contributed by atoms with Crippen LogP contribution in [0.3, 0.4) is 0 Å². The predicted octanol–water partition coefficient (Wildman–Crippen LogP) is -0.664. The Bertz CT molecular complexity index is 224. The molecule has 10 heavy (non-hydrogen) atoms. The Morgan fingerprint density at radius 1 is 1.50 bits per heavy atom. The summed E-state index contributed by atoms with van der Waals surface area (Å²) in [6.07, 6.45) is 1.78. The number of nitrogens with zero attached hydrogens (tertiary/aromatic N) is 3. The third kappa shape index (κ3) is 1.83. The fourth-order valence-corrected chi connectivity index (χ4v) is 1.06. The van der Waals surface area contributed by atoms with Gasteiger partial charge in [-0.15, -0.1) is 0 Å². The van der Waals surface area contributed by atoms with Gasteiger partial charge >= 0.3 is 73.4 Å². The minimum atomic E-state index is 0.786. The van der Waals surface area contributed by atoms with E-state index in [1.807, 2.05) is 25.1 Å². The van der Waals surface area contributed by atoms with Crippen LogP contribution >= 0.6 is 0 Å². The van der Waals surface area contributed by atoms with Crippen molar-refractivity contribution in [3.63, 3.8) is 0 Å². The molecule has 0 spiro atoms. The molecule has 3 nitrogen and oxygen atoms in total. The topological polar surface area (TPSA) is 29.0 Å². The second-order valence-electron chi connectivity index (χ2n) is 2.14. The summed E-state index contributed by atoms with van der Waals surface area (Å²) in [5, 5.41) is 0. The van der Waals surface area contributed by atoms with Crippen LogP contribution in [0, 0.1) is 0 Å². The van der Waals surface area contributed by atoms with Crippen LogP contribution in [-0.2, 0) is 0 Å². The van der Waals surface area contributed by atoms with Crippen molar-refractivity contribution in [3.05, 3.63) is 12.3 Å². The third-order valence-corrected chi connectivity index (χ3v) is 1.84. The molecule has 1 rings (SSSR count). The molecule has 0 aliphatic carbocycles. The van der Waals surface area contributed by atoms with Gasteiger partial charge in [0.1, 0.15) is 0 Å². The van der Waals surface area contributed by atoms with E-state index in [-0.39, 0.29) is 0 Å². The Morgan fingerprint density at radius 3 is 2.60 bits per heavy atom. The number of aromatic nitrogens is 2. The molecule has 0 N–H and O–H groups in total. The molecule has 0 saturated carbocycles. The van der Waals surface area contributed by atoms with E-state index in [2.05, 4.69) is 9.97 Å². The summed E-state index contributed by atoms with van der Waals surface area (Å²) in [5.41, 5.74) is 0. The van der Waals surface area contributed by atoms with Gasteiger partial charge in [-0.3, -0.25) is 0 Å². The van der Waals surface area contributed by atoms with Gasteiger partial charge in [-0.2, -0.15) is 0 Å². The van der Waals surface area contributed by atoms with Crippen molar-refractivity contribution < 1.29 is 0 Å². The van der Waals surface area contributed by atoms with E-state index in [0.717, 1.165) is 9.66 Å². The summed E-state index contributed by atoms with van der Waals surface area (Å²) >= 11 is 1.33. The molecular weight excluding hydrogens is 233 g/mol. The fourth-order valence-electron chi connectivity index (χ4n) is 0.564. The van der Waals surface area contributed by atoms with Crippen molar-refractivity contribution in [1.29, 1.82) is 0 Å². The molecule has 0 aliphatic rings. The molecule has 0 unspecified atom stereocenters. The first-order valence-corrected chi connectivity index (χ1v) is 4.35. The molecule has 1 aromatic heterocycles. The summed E-state index contributed by atoms with van der Waals surface area (Å²) in [7, 11) is 3.87. The zero-order chi connectivity index (χ0) is 7.56. The molecule has 0 aromatic carbocycles. The normalized spacial score (nSPS) is 9.50. The summed E-state index contributed by atoms with van der Waals surface area (Å²) in [5.74, 6) is 0.786. The minimum absolute atomic E-state index is 0.786. The first-order valence-electron chi connectivity index (χ1n) is 2.92. The Balaban J connectivity index is 2.96. The van der Waals surface area contributed by atoms with Gasteiger partial charge in [0.25, 0.3) is 0 Å². The van der Waals surface area contributed by atoms with Crippen LogP contribution in [0.1, 0.15) is 0 Å². The van der Waals surface area contributed by atoms with Crippen LogP contribution in [0.25, 0.3) is 0 Å². The van der Waals surface area contributed by atoms with Crippen molar-refractivity contribution >= 4 is 32.2 Å². The molecule has 0 bridgehead atoms. The number of hydrogen-bond donors (Lipinski definition) is 0. The molecule has 0 atom stereocenters. The molecule has 0 aliphatic heterocycles. The van der Waals surface area contributed by atoms with Crippen LogP contribution < -0.4 is 8.61 Å². The first kappa shape index (κ1) is 7.78. The van der Waals surface area contributed by atoms with E-state index >= 15 is 0 Å². The summed E-state index contributed by atoms with van der Waals surface area (Å²) < 4.78 is 1.09. The van der Waals surface area contributed by atoms with Crippen molar-refractivity contribution in [2.75, 3.05) is 19.0 Å². The second-order valence-corrected chi connectivity index (χ2v) is 3.60. The van der Waals surface area contributed by atoms with Crippen LogP contribution in [0.2, 0.25) is 0 Å². The van der Waals surface area contributed by atoms with E-state index in [1.165, 1.54) is 22.5 Å². The summed E-state index contributed by atoms with van der Waals surface area (Å²) in [6.45, 7) is 0. The van der Waals surface area contributed by atoms with E-state index in [9.17, 15) is 0 Å². The Hall–Kier alpha value is -0.321. The first-order chi connectivity index (χ1) is 4.70. The van der Waals surface area contributed by atoms with E-state index in [4.69, 9.17) is 0 Å². The van der Waals surface area contributed by atoms with Crippen LogP contribution in [0.5, 0.6) is 0 Å². The molecule has 4 heteroatoms. The van der Waals surface area contributed by atoms with Gasteiger partial charge in [-0.1, -0.05) is 0 Å². The van der Waals surface area contributed by atoms with Gasteiger partial charge in [-0.05, 0) is 0 Å². The molecular formula is C6H8N3Sn. The Kier molecular flexibility index (Phi) is 2.48. The zero-order valence-electron chi connectivity index (χ0n) is 6.00. The number of rotatable bonds is 1. The molecule has 51 valence electrons. The van der Waals surface area contributed by atoms with E-state index in [0.29, 0.717) is 0 Å². The summed E-state index contributed by atoms with van der Waals surface area (Å²) in [4.78, 5) is 10.2. The van der Waals surface area contributed by atoms with Gasteiger partial charge in [0.15, 0.2) is 0 Å². The van der Waals surface area contributed by atoms with Gasteiger partial charge in [0.05, 0.1) is 0 Å². The van der Waals surface area contributed by atoms with Crippen LogP contribution in [0.15, 0.2) is 12.3 Å². The molecule has 1 heterocycles. The maximum absolute atomic E-state index is 4.23. The molecule has 1 aromatic rings. The van der Waals surface area contributed by atoms with Crippen molar-refractivity contribution in [1.82, 2.24) is 9.97 Å². The average molecular weight is 241 g/mol. The van der Waals surface area contributed by atoms with Gasteiger partial charge in [0.2, 0.25) is 0 Å². The Morgan fingerprint density at radius 2 is 2.20 bits per heavy atom. The molecule has 0 fully saturated rings. The maximum atomic E-state index is 4.23. The average Bonchev–Trinajstić information content (AvgIpc) is 1.88. The number of hydrogen-bond acceptors (Lipinski definition) is 3. The molecule has 3 radical (unpaired) electrons. The quantitative estimate of drug-likeness (QED) is 0.611. The van der Waals surface area contributed by atoms with Crippen LogP contribution in [0.4, 0.5) is 5.95 Å². The second kappa shape index (κ2) is 3.18. The van der Waals surface area contributed by atoms with Crippen molar-refractivity contribution in [2.45, 2.75) is 0 Å². The van der Waals surface area contributed by atoms with E-state index < -0.39 is 0 Å². The van der Waals surface area contributed by atoms with Gasteiger partial charge in [0, 0.05) is 0 Å². The van der Waals surface area contributed by atoms with E-state index in [1.54, 1.807) is 6.20 Å². The monoisotopic (exact) mass is 242 g/mol. The predicted molar refractivity (Wildman–Crippen MR) is 41.7 cm³/mol. The fraction of sp³-hybridized carbons (Fsp3) is 0.333. The van der Waals surface area contributed by atoms with Crippen molar-refractivity contribution in [2.24, 2.45) is 0 Å². The molecule has 0 amide bonds. The zero-order valence-corrected chi connectivity index (χ0v) is 8.85. The van der Waals surface area contributed by atoms with Gasteiger partial charge < -0.3 is 0 Å².